The van der Waals surface area contributed by atoms with Gasteiger partial charge in [0.2, 0.25) is 11.1 Å². The van der Waals surface area contributed by atoms with Crippen LogP contribution >= 0.6 is 11.8 Å². The molecule has 1 aliphatic rings. The first-order valence-electron chi connectivity index (χ1n) is 8.96. The van der Waals surface area contributed by atoms with Crippen LogP contribution in [0.2, 0.25) is 0 Å². The highest BCUT2D eigenvalue weighted by molar-refractivity contribution is 8.00. The summed E-state index contributed by atoms with van der Waals surface area (Å²) >= 11 is 1.42. The Kier molecular flexibility index (Phi) is 5.21. The van der Waals surface area contributed by atoms with Crippen molar-refractivity contribution in [3.05, 3.63) is 71.5 Å². The maximum absolute atomic E-state index is 13.0. The van der Waals surface area contributed by atoms with E-state index in [1.54, 1.807) is 7.11 Å². The molecular formula is C20H21N5O2S. The second-order valence-corrected chi connectivity index (χ2v) is 7.60. The number of nitrogens with zero attached hydrogens (tertiary/aromatic N) is 3. The zero-order valence-corrected chi connectivity index (χ0v) is 16.4. The summed E-state index contributed by atoms with van der Waals surface area (Å²) in [5.41, 5.74) is 5.45. The summed E-state index contributed by atoms with van der Waals surface area (Å²) in [6, 6.07) is 17.4. The maximum atomic E-state index is 13.0. The molecule has 2 N–H and O–H groups in total. The van der Waals surface area contributed by atoms with Crippen LogP contribution in [0, 0.1) is 6.92 Å². The molecule has 3 aromatic rings. The van der Waals surface area contributed by atoms with E-state index < -0.39 is 0 Å². The molecule has 0 radical (unpaired) electrons. The van der Waals surface area contributed by atoms with Crippen LogP contribution in [0.15, 0.2) is 59.8 Å². The molecule has 0 aliphatic carbocycles. The minimum atomic E-state index is -0.364. The number of aryl methyl sites for hydroxylation is 1. The van der Waals surface area contributed by atoms with Gasteiger partial charge in [-0.05, 0) is 30.2 Å². The van der Waals surface area contributed by atoms with Crippen LogP contribution < -0.4 is 15.5 Å². The maximum Gasteiger partial charge on any atom is 0.236 e. The van der Waals surface area contributed by atoms with Gasteiger partial charge < -0.3 is 15.5 Å². The van der Waals surface area contributed by atoms with Crippen molar-refractivity contribution in [1.29, 1.82) is 0 Å². The van der Waals surface area contributed by atoms with Crippen LogP contribution in [0.1, 0.15) is 23.0 Å². The largest absolute Gasteiger partial charge is 0.497 e. The number of nitrogens with one attached hydrogen (secondary N) is 2. The summed E-state index contributed by atoms with van der Waals surface area (Å²) in [5, 5.41) is 11.7. The van der Waals surface area contributed by atoms with E-state index in [0.29, 0.717) is 11.7 Å². The molecule has 1 aromatic heterocycles. The molecule has 1 aliphatic heterocycles. The van der Waals surface area contributed by atoms with E-state index in [0.717, 1.165) is 22.7 Å². The highest BCUT2D eigenvalue weighted by Crippen LogP contribution is 2.36. The van der Waals surface area contributed by atoms with Crippen LogP contribution in [0.5, 0.6) is 5.75 Å². The highest BCUT2D eigenvalue weighted by atomic mass is 32.2. The number of rotatable bonds is 5. The van der Waals surface area contributed by atoms with Crippen LogP contribution in [-0.4, -0.2) is 33.1 Å². The molecule has 0 saturated carbocycles. The Morgan fingerprint density at radius 2 is 1.93 bits per heavy atom. The van der Waals surface area contributed by atoms with E-state index in [1.165, 1.54) is 11.8 Å². The topological polar surface area (TPSA) is 81.1 Å². The van der Waals surface area contributed by atoms with E-state index in [2.05, 4.69) is 20.9 Å². The number of benzene rings is 2. The summed E-state index contributed by atoms with van der Waals surface area (Å²) < 4.78 is 7.02. The summed E-state index contributed by atoms with van der Waals surface area (Å²) in [4.78, 5) is 13.0. The molecule has 4 rings (SSSR count). The van der Waals surface area contributed by atoms with Gasteiger partial charge in [-0.2, -0.15) is 0 Å². The van der Waals surface area contributed by atoms with Gasteiger partial charge in [0.25, 0.3) is 0 Å². The van der Waals surface area contributed by atoms with Crippen molar-refractivity contribution in [2.75, 3.05) is 12.5 Å². The second kappa shape index (κ2) is 7.93. The van der Waals surface area contributed by atoms with E-state index in [1.807, 2.05) is 66.2 Å². The van der Waals surface area contributed by atoms with Gasteiger partial charge in [0.15, 0.2) is 0 Å². The highest BCUT2D eigenvalue weighted by Gasteiger charge is 2.37. The summed E-state index contributed by atoms with van der Waals surface area (Å²) in [6.07, 6.45) is 0. The Labute approximate surface area is 167 Å². The van der Waals surface area contributed by atoms with Crippen molar-refractivity contribution in [2.45, 2.75) is 29.9 Å². The number of carbonyl (C=O) groups is 1. The number of hydrogen-bond acceptors (Lipinski definition) is 6. The van der Waals surface area contributed by atoms with Gasteiger partial charge in [-0.25, -0.2) is 4.68 Å². The number of amides is 1. The molecule has 7 nitrogen and oxygen atoms in total. The molecule has 0 fully saturated rings. The Bertz CT molecular complexity index is 958. The number of ether oxygens (including phenoxy) is 1. The average Bonchev–Trinajstić information content (AvgIpc) is 3.12. The van der Waals surface area contributed by atoms with Gasteiger partial charge in [-0.3, -0.25) is 4.79 Å². The molecule has 8 heteroatoms. The Balaban J connectivity index is 1.53. The first kappa shape index (κ1) is 18.4. The number of carbonyl (C=O) groups excluding carboxylic acids is 1. The number of hydrogen-bond donors (Lipinski definition) is 2. The molecule has 2 heterocycles. The molecule has 28 heavy (non-hydrogen) atoms. The zero-order chi connectivity index (χ0) is 19.5. The lowest BCUT2D eigenvalue weighted by molar-refractivity contribution is -0.121. The van der Waals surface area contributed by atoms with Crippen molar-refractivity contribution >= 4 is 17.7 Å². The number of methoxy groups -OCH3 is 1. The lowest BCUT2D eigenvalue weighted by Crippen LogP contribution is -2.44. The Morgan fingerprint density at radius 3 is 2.64 bits per heavy atom. The fourth-order valence-corrected chi connectivity index (χ4v) is 4.25. The normalized spacial score (nSPS) is 18.1. The minimum absolute atomic E-state index is 0.0472. The lowest BCUT2D eigenvalue weighted by Gasteiger charge is -2.32. The lowest BCUT2D eigenvalue weighted by atomic mass is 10.0. The molecule has 2 aromatic carbocycles. The smallest absolute Gasteiger partial charge is 0.236 e. The van der Waals surface area contributed by atoms with E-state index in [4.69, 9.17) is 4.74 Å². The molecule has 144 valence electrons. The van der Waals surface area contributed by atoms with Crippen LogP contribution in [0.25, 0.3) is 0 Å². The third-order valence-electron chi connectivity index (χ3n) is 4.64. The molecule has 0 bridgehead atoms. The third-order valence-corrected chi connectivity index (χ3v) is 5.86. The van der Waals surface area contributed by atoms with Gasteiger partial charge in [0, 0.05) is 6.54 Å². The predicted molar refractivity (Wildman–Crippen MR) is 108 cm³/mol. The van der Waals surface area contributed by atoms with E-state index in [-0.39, 0.29) is 17.2 Å². The number of fused-ring (bicyclic) bond motifs is 1. The average molecular weight is 395 g/mol. The Hall–Kier alpha value is -3.00. The van der Waals surface area contributed by atoms with Crippen molar-refractivity contribution in [1.82, 2.24) is 20.2 Å². The van der Waals surface area contributed by atoms with Gasteiger partial charge in [0.1, 0.15) is 16.8 Å². The van der Waals surface area contributed by atoms with Crippen molar-refractivity contribution in [2.24, 2.45) is 0 Å². The van der Waals surface area contributed by atoms with Crippen LogP contribution in [0.3, 0.4) is 0 Å². The number of aromatic nitrogens is 3. The second-order valence-electron chi connectivity index (χ2n) is 6.49. The fourth-order valence-electron chi connectivity index (χ4n) is 3.10. The molecule has 2 atom stereocenters. The Morgan fingerprint density at radius 1 is 1.18 bits per heavy atom. The fraction of sp³-hybridized carbons (Fsp3) is 0.250. The minimum Gasteiger partial charge on any atom is -0.497 e. The summed E-state index contributed by atoms with van der Waals surface area (Å²) in [6.45, 7) is 2.34. The van der Waals surface area contributed by atoms with Gasteiger partial charge >= 0.3 is 0 Å². The molecule has 0 unspecified atom stereocenters. The number of thioether (sulfide) groups is 1. The third kappa shape index (κ3) is 3.68. The first-order valence-corrected chi connectivity index (χ1v) is 9.84. The van der Waals surface area contributed by atoms with Crippen molar-refractivity contribution in [3.63, 3.8) is 0 Å². The quantitative estimate of drug-likeness (QED) is 0.691. The van der Waals surface area contributed by atoms with E-state index >= 15 is 0 Å². The van der Waals surface area contributed by atoms with Gasteiger partial charge in [-0.1, -0.05) is 54.2 Å². The summed E-state index contributed by atoms with van der Waals surface area (Å²) in [7, 11) is 1.63. The van der Waals surface area contributed by atoms with E-state index in [9.17, 15) is 4.79 Å². The van der Waals surface area contributed by atoms with Gasteiger partial charge in [0.05, 0.1) is 13.2 Å². The molecular weight excluding hydrogens is 374 g/mol. The van der Waals surface area contributed by atoms with Crippen LogP contribution in [0.4, 0.5) is 0 Å². The van der Waals surface area contributed by atoms with Gasteiger partial charge in [-0.15, -0.1) is 10.2 Å². The van der Waals surface area contributed by atoms with Crippen molar-refractivity contribution < 1.29 is 9.53 Å². The standard InChI is InChI=1S/C20H21N5O2S/c1-13-22-23-20-25(13)24-17(15-6-4-3-5-7-15)18(28-20)19(26)21-12-14-8-10-16(27-2)11-9-14/h3-11,17-18,24H,12H2,1-2H3,(H,21,26)/t17-,18-/m0/s1. The molecule has 1 amide bonds. The SMILES string of the molecule is COc1ccc(CNC(=O)[C@H]2Sc3nnc(C)n3N[C@H]2c2ccccc2)cc1. The monoisotopic (exact) mass is 395 g/mol. The molecule has 0 saturated heterocycles. The molecule has 0 spiro atoms. The summed E-state index contributed by atoms with van der Waals surface area (Å²) in [5.74, 6) is 1.51. The van der Waals surface area contributed by atoms with Crippen LogP contribution in [-0.2, 0) is 11.3 Å². The first-order chi connectivity index (χ1) is 13.7. The van der Waals surface area contributed by atoms with Crippen molar-refractivity contribution in [3.8, 4) is 5.75 Å². The zero-order valence-electron chi connectivity index (χ0n) is 15.6. The predicted octanol–water partition coefficient (Wildman–Crippen LogP) is 2.67.